The molecule has 0 saturated heterocycles. The Bertz CT molecular complexity index is 342. The van der Waals surface area contributed by atoms with Crippen molar-refractivity contribution in [1.29, 1.82) is 0 Å². The molecule has 1 rings (SSSR count). The van der Waals surface area contributed by atoms with E-state index in [-0.39, 0.29) is 12.1 Å². The van der Waals surface area contributed by atoms with Gasteiger partial charge in [0.25, 0.3) is 0 Å². The van der Waals surface area contributed by atoms with Gasteiger partial charge in [0.05, 0.1) is 6.61 Å². The third-order valence-corrected chi connectivity index (χ3v) is 4.22. The standard InChI is InChI=1S/C16H27NOS/c1-14(2)17-16(3,13-18)11-7-8-12-19-15-9-5-4-6-10-15/h4-6,9-10,14,17-18H,7-8,11-13H2,1-3H3. The normalized spacial score (nSPS) is 14.6. The van der Waals surface area contributed by atoms with E-state index in [1.54, 1.807) is 0 Å². The second kappa shape index (κ2) is 8.62. The molecule has 3 heteroatoms. The number of unbranched alkanes of at least 4 members (excludes halogenated alkanes) is 1. The summed E-state index contributed by atoms with van der Waals surface area (Å²) in [4.78, 5) is 1.34. The summed E-state index contributed by atoms with van der Waals surface area (Å²) in [5.74, 6) is 1.15. The van der Waals surface area contributed by atoms with E-state index >= 15 is 0 Å². The zero-order valence-electron chi connectivity index (χ0n) is 12.4. The van der Waals surface area contributed by atoms with E-state index in [1.807, 2.05) is 17.8 Å². The van der Waals surface area contributed by atoms with Crippen molar-refractivity contribution in [3.8, 4) is 0 Å². The van der Waals surface area contributed by atoms with Crippen LogP contribution in [0.4, 0.5) is 0 Å². The number of hydrogen-bond acceptors (Lipinski definition) is 3. The van der Waals surface area contributed by atoms with Gasteiger partial charge in [-0.25, -0.2) is 0 Å². The van der Waals surface area contributed by atoms with Gasteiger partial charge < -0.3 is 10.4 Å². The van der Waals surface area contributed by atoms with Crippen molar-refractivity contribution in [2.45, 2.75) is 56.5 Å². The minimum absolute atomic E-state index is 0.133. The van der Waals surface area contributed by atoms with Crippen molar-refractivity contribution >= 4 is 11.8 Å². The van der Waals surface area contributed by atoms with E-state index in [4.69, 9.17) is 0 Å². The molecule has 0 radical (unpaired) electrons. The summed E-state index contributed by atoms with van der Waals surface area (Å²) in [6, 6.07) is 10.9. The molecule has 19 heavy (non-hydrogen) atoms. The Kier molecular flexibility index (Phi) is 7.51. The predicted octanol–water partition coefficient (Wildman–Crippen LogP) is 3.70. The lowest BCUT2D eigenvalue weighted by molar-refractivity contribution is 0.154. The van der Waals surface area contributed by atoms with Gasteiger partial charge in [-0.1, -0.05) is 38.5 Å². The van der Waals surface area contributed by atoms with Crippen LogP contribution in [0.15, 0.2) is 35.2 Å². The molecule has 1 atom stereocenters. The summed E-state index contributed by atoms with van der Waals surface area (Å²) in [5.41, 5.74) is -0.133. The number of nitrogens with one attached hydrogen (secondary N) is 1. The highest BCUT2D eigenvalue weighted by Crippen LogP contribution is 2.20. The molecule has 108 valence electrons. The zero-order valence-corrected chi connectivity index (χ0v) is 13.2. The first kappa shape index (κ1) is 16.5. The van der Waals surface area contributed by atoms with E-state index in [0.29, 0.717) is 6.04 Å². The molecule has 0 spiro atoms. The molecular weight excluding hydrogens is 254 g/mol. The SMILES string of the molecule is CC(C)NC(C)(CO)CCCCSc1ccccc1. The largest absolute Gasteiger partial charge is 0.394 e. The Morgan fingerprint density at radius 3 is 2.47 bits per heavy atom. The fourth-order valence-electron chi connectivity index (χ4n) is 2.22. The van der Waals surface area contributed by atoms with Crippen LogP contribution in [-0.4, -0.2) is 29.0 Å². The van der Waals surface area contributed by atoms with E-state index in [9.17, 15) is 5.11 Å². The van der Waals surface area contributed by atoms with Crippen LogP contribution in [0.3, 0.4) is 0 Å². The summed E-state index contributed by atoms with van der Waals surface area (Å²) in [5, 5.41) is 13.0. The summed E-state index contributed by atoms with van der Waals surface area (Å²) in [6.45, 7) is 6.56. The topological polar surface area (TPSA) is 32.3 Å². The average molecular weight is 281 g/mol. The molecule has 1 unspecified atom stereocenters. The van der Waals surface area contributed by atoms with Crippen LogP contribution >= 0.6 is 11.8 Å². The van der Waals surface area contributed by atoms with Gasteiger partial charge in [0.1, 0.15) is 0 Å². The summed E-state index contributed by atoms with van der Waals surface area (Å²) >= 11 is 1.91. The van der Waals surface area contributed by atoms with Gasteiger partial charge in [0, 0.05) is 16.5 Å². The first-order valence-corrected chi connectivity index (χ1v) is 8.11. The van der Waals surface area contributed by atoms with Gasteiger partial charge in [0.15, 0.2) is 0 Å². The van der Waals surface area contributed by atoms with E-state index in [1.165, 1.54) is 11.3 Å². The second-order valence-corrected chi connectivity index (χ2v) is 6.80. The predicted molar refractivity (Wildman–Crippen MR) is 84.8 cm³/mol. The summed E-state index contributed by atoms with van der Waals surface area (Å²) in [7, 11) is 0. The van der Waals surface area contributed by atoms with Crippen molar-refractivity contribution in [2.75, 3.05) is 12.4 Å². The van der Waals surface area contributed by atoms with Crippen molar-refractivity contribution < 1.29 is 5.11 Å². The molecule has 2 N–H and O–H groups in total. The second-order valence-electron chi connectivity index (χ2n) is 5.64. The van der Waals surface area contributed by atoms with Crippen LogP contribution in [0.5, 0.6) is 0 Å². The maximum Gasteiger partial charge on any atom is 0.0610 e. The molecule has 0 saturated carbocycles. The average Bonchev–Trinajstić information content (AvgIpc) is 2.39. The lowest BCUT2D eigenvalue weighted by Crippen LogP contribution is -2.49. The molecule has 0 aliphatic heterocycles. The van der Waals surface area contributed by atoms with Crippen LogP contribution in [0, 0.1) is 0 Å². The number of hydrogen-bond donors (Lipinski definition) is 2. The van der Waals surface area contributed by atoms with Crippen LogP contribution in [-0.2, 0) is 0 Å². The van der Waals surface area contributed by atoms with Gasteiger partial charge >= 0.3 is 0 Å². The maximum atomic E-state index is 9.50. The number of aliphatic hydroxyl groups is 1. The van der Waals surface area contributed by atoms with Gasteiger partial charge in [-0.2, -0.15) is 0 Å². The Balaban J connectivity index is 2.19. The first-order chi connectivity index (χ1) is 9.06. The van der Waals surface area contributed by atoms with Crippen LogP contribution < -0.4 is 5.32 Å². The van der Waals surface area contributed by atoms with Crippen LogP contribution in [0.2, 0.25) is 0 Å². The lowest BCUT2D eigenvalue weighted by Gasteiger charge is -2.31. The van der Waals surface area contributed by atoms with Gasteiger partial charge in [-0.05, 0) is 37.7 Å². The molecule has 0 heterocycles. The lowest BCUT2D eigenvalue weighted by atomic mass is 9.95. The molecule has 0 fully saturated rings. The molecule has 0 aliphatic rings. The number of rotatable bonds is 9. The Hall–Kier alpha value is -0.510. The quantitative estimate of drug-likeness (QED) is 0.535. The molecule has 1 aromatic carbocycles. The molecule has 2 nitrogen and oxygen atoms in total. The van der Waals surface area contributed by atoms with Crippen molar-refractivity contribution in [2.24, 2.45) is 0 Å². The van der Waals surface area contributed by atoms with Crippen LogP contribution in [0.1, 0.15) is 40.0 Å². The summed E-state index contributed by atoms with van der Waals surface area (Å²) < 4.78 is 0. The van der Waals surface area contributed by atoms with E-state index in [2.05, 4.69) is 50.4 Å². The maximum absolute atomic E-state index is 9.50. The highest BCUT2D eigenvalue weighted by atomic mass is 32.2. The minimum Gasteiger partial charge on any atom is -0.394 e. The van der Waals surface area contributed by atoms with Crippen LogP contribution in [0.25, 0.3) is 0 Å². The Labute approximate surface area is 122 Å². The van der Waals surface area contributed by atoms with E-state index in [0.717, 1.165) is 18.6 Å². The van der Waals surface area contributed by atoms with Crippen molar-refractivity contribution in [3.63, 3.8) is 0 Å². The highest BCUT2D eigenvalue weighted by molar-refractivity contribution is 7.99. The third-order valence-electron chi connectivity index (χ3n) is 3.12. The summed E-state index contributed by atoms with van der Waals surface area (Å²) in [6.07, 6.45) is 3.36. The molecular formula is C16H27NOS. The molecule has 0 aliphatic carbocycles. The smallest absolute Gasteiger partial charge is 0.0610 e. The van der Waals surface area contributed by atoms with E-state index < -0.39 is 0 Å². The number of aliphatic hydroxyl groups excluding tert-OH is 1. The Morgan fingerprint density at radius 2 is 1.89 bits per heavy atom. The monoisotopic (exact) mass is 281 g/mol. The Morgan fingerprint density at radius 1 is 1.21 bits per heavy atom. The molecule has 0 amide bonds. The number of benzene rings is 1. The van der Waals surface area contributed by atoms with Crippen molar-refractivity contribution in [1.82, 2.24) is 5.32 Å². The van der Waals surface area contributed by atoms with Gasteiger partial charge in [-0.3, -0.25) is 0 Å². The van der Waals surface area contributed by atoms with Crippen molar-refractivity contribution in [3.05, 3.63) is 30.3 Å². The van der Waals surface area contributed by atoms with Gasteiger partial charge in [-0.15, -0.1) is 11.8 Å². The van der Waals surface area contributed by atoms with Gasteiger partial charge in [0.2, 0.25) is 0 Å². The fraction of sp³-hybridized carbons (Fsp3) is 0.625. The minimum atomic E-state index is -0.133. The molecule has 0 bridgehead atoms. The third kappa shape index (κ3) is 7.00. The zero-order chi connectivity index (χ0) is 14.1. The highest BCUT2D eigenvalue weighted by Gasteiger charge is 2.22. The fourth-order valence-corrected chi connectivity index (χ4v) is 3.15. The molecule has 1 aromatic rings. The number of thioether (sulfide) groups is 1. The molecule has 0 aromatic heterocycles. The first-order valence-electron chi connectivity index (χ1n) is 7.12.